The number of hydrogen-bond acceptors (Lipinski definition) is 5. The molecular formula is C22H31ClN2O3. The number of benzene rings is 2. The molecule has 0 aromatic heterocycles. The maximum atomic E-state index is 8.67. The Bertz CT molecular complexity index is 664. The van der Waals surface area contributed by atoms with Crippen LogP contribution < -0.4 is 15.0 Å². The lowest BCUT2D eigenvalue weighted by atomic mass is 10.1. The number of ether oxygens (including phenoxy) is 2. The number of hydrogen-bond donors (Lipinski definition) is 2. The van der Waals surface area contributed by atoms with Gasteiger partial charge in [0.25, 0.3) is 0 Å². The Balaban J connectivity index is 1.83. The zero-order chi connectivity index (χ0) is 20.2. The van der Waals surface area contributed by atoms with E-state index in [4.69, 9.17) is 26.3 Å². The van der Waals surface area contributed by atoms with Gasteiger partial charge in [-0.2, -0.15) is 0 Å². The first kappa shape index (κ1) is 22.5. The van der Waals surface area contributed by atoms with Crippen molar-refractivity contribution in [3.8, 4) is 17.2 Å². The van der Waals surface area contributed by atoms with E-state index in [1.54, 1.807) is 12.1 Å². The summed E-state index contributed by atoms with van der Waals surface area (Å²) in [6.45, 7) is 7.65. The molecule has 6 heteroatoms. The fraction of sp³-hybridized carbons (Fsp3) is 0.455. The van der Waals surface area contributed by atoms with Gasteiger partial charge in [-0.25, -0.2) is 5.48 Å². The quantitative estimate of drug-likeness (QED) is 0.346. The number of nitrogens with one attached hydrogen (secondary N) is 1. The third-order valence-corrected chi connectivity index (χ3v) is 4.95. The Morgan fingerprint density at radius 3 is 2.14 bits per heavy atom. The molecule has 0 saturated carbocycles. The normalized spacial score (nSPS) is 12.2. The number of hydroxylamine groups is 1. The first-order chi connectivity index (χ1) is 13.7. The van der Waals surface area contributed by atoms with Gasteiger partial charge in [0.05, 0.1) is 0 Å². The van der Waals surface area contributed by atoms with Gasteiger partial charge in [0.2, 0.25) is 0 Å². The lowest BCUT2D eigenvalue weighted by Gasteiger charge is -2.30. The second kappa shape index (κ2) is 12.6. The van der Waals surface area contributed by atoms with Crippen LogP contribution >= 0.6 is 11.6 Å². The van der Waals surface area contributed by atoms with E-state index < -0.39 is 0 Å². The SMILES string of the molecule is CC[C@@H](COc1ccc(Oc2ccc(Cl)cc2)cc1)N(CC)CCCCNO. The van der Waals surface area contributed by atoms with Crippen LogP contribution in [0.2, 0.25) is 5.02 Å². The zero-order valence-corrected chi connectivity index (χ0v) is 17.5. The summed E-state index contributed by atoms with van der Waals surface area (Å²) in [5, 5.41) is 9.36. The molecule has 0 heterocycles. The Labute approximate surface area is 173 Å². The van der Waals surface area contributed by atoms with Crippen molar-refractivity contribution in [2.45, 2.75) is 39.2 Å². The molecule has 2 N–H and O–H groups in total. The van der Waals surface area contributed by atoms with Crippen molar-refractivity contribution >= 4 is 11.6 Å². The number of nitrogens with zero attached hydrogens (tertiary/aromatic N) is 1. The maximum absolute atomic E-state index is 8.67. The molecule has 0 bridgehead atoms. The van der Waals surface area contributed by atoms with Gasteiger partial charge in [-0.1, -0.05) is 25.4 Å². The summed E-state index contributed by atoms with van der Waals surface area (Å²) >= 11 is 5.89. The molecule has 0 amide bonds. The summed E-state index contributed by atoms with van der Waals surface area (Å²) in [4.78, 5) is 2.44. The van der Waals surface area contributed by atoms with Crippen molar-refractivity contribution < 1.29 is 14.7 Å². The van der Waals surface area contributed by atoms with E-state index >= 15 is 0 Å². The van der Waals surface area contributed by atoms with Crippen molar-refractivity contribution in [3.05, 3.63) is 53.6 Å². The molecule has 154 valence electrons. The summed E-state index contributed by atoms with van der Waals surface area (Å²) in [6, 6.07) is 15.3. The van der Waals surface area contributed by atoms with E-state index in [2.05, 4.69) is 24.2 Å². The first-order valence-electron chi connectivity index (χ1n) is 9.93. The molecule has 5 nitrogen and oxygen atoms in total. The lowest BCUT2D eigenvalue weighted by Crippen LogP contribution is -2.39. The summed E-state index contributed by atoms with van der Waals surface area (Å²) in [5.41, 5.74) is 2.21. The van der Waals surface area contributed by atoms with E-state index in [0.717, 1.165) is 49.6 Å². The Kier molecular flexibility index (Phi) is 10.1. The molecule has 2 aromatic rings. The molecule has 0 aliphatic heterocycles. The molecule has 0 fully saturated rings. The van der Waals surface area contributed by atoms with Crippen molar-refractivity contribution in [2.75, 3.05) is 26.2 Å². The molecule has 2 rings (SSSR count). The minimum Gasteiger partial charge on any atom is -0.492 e. The van der Waals surface area contributed by atoms with E-state index in [1.807, 2.05) is 36.4 Å². The fourth-order valence-electron chi connectivity index (χ4n) is 3.03. The highest BCUT2D eigenvalue weighted by Gasteiger charge is 2.15. The summed E-state index contributed by atoms with van der Waals surface area (Å²) < 4.78 is 11.8. The summed E-state index contributed by atoms with van der Waals surface area (Å²) in [5.74, 6) is 2.34. The highest BCUT2D eigenvalue weighted by molar-refractivity contribution is 6.30. The van der Waals surface area contributed by atoms with E-state index in [9.17, 15) is 0 Å². The molecule has 0 aliphatic rings. The highest BCUT2D eigenvalue weighted by Crippen LogP contribution is 2.25. The number of rotatable bonds is 13. The smallest absolute Gasteiger partial charge is 0.127 e. The minimum atomic E-state index is 0.372. The van der Waals surface area contributed by atoms with Gasteiger partial charge >= 0.3 is 0 Å². The van der Waals surface area contributed by atoms with Crippen molar-refractivity contribution in [3.63, 3.8) is 0 Å². The average Bonchev–Trinajstić information content (AvgIpc) is 2.72. The number of halogens is 1. The van der Waals surface area contributed by atoms with Gasteiger partial charge in [0, 0.05) is 17.6 Å². The second-order valence-corrected chi connectivity index (χ2v) is 7.08. The highest BCUT2D eigenvalue weighted by atomic mass is 35.5. The summed E-state index contributed by atoms with van der Waals surface area (Å²) in [7, 11) is 0. The van der Waals surface area contributed by atoms with Crippen LogP contribution in [0, 0.1) is 0 Å². The van der Waals surface area contributed by atoms with Gasteiger partial charge in [0.1, 0.15) is 23.9 Å². The zero-order valence-electron chi connectivity index (χ0n) is 16.7. The summed E-state index contributed by atoms with van der Waals surface area (Å²) in [6.07, 6.45) is 3.04. The second-order valence-electron chi connectivity index (χ2n) is 6.64. The van der Waals surface area contributed by atoms with Crippen molar-refractivity contribution in [1.82, 2.24) is 10.4 Å². The van der Waals surface area contributed by atoms with Gasteiger partial charge in [-0.05, 0) is 80.9 Å². The van der Waals surface area contributed by atoms with Crippen LogP contribution in [0.15, 0.2) is 48.5 Å². The van der Waals surface area contributed by atoms with Crippen LogP contribution in [0.25, 0.3) is 0 Å². The van der Waals surface area contributed by atoms with Gasteiger partial charge in [0.15, 0.2) is 0 Å². The molecule has 0 unspecified atom stereocenters. The topological polar surface area (TPSA) is 54.0 Å². The molecule has 1 atom stereocenters. The molecule has 0 aliphatic carbocycles. The van der Waals surface area contributed by atoms with E-state index in [-0.39, 0.29) is 0 Å². The van der Waals surface area contributed by atoms with E-state index in [1.165, 1.54) is 0 Å². The standard InChI is InChI=1S/C22H31ClN2O3/c1-3-19(25(4-2)16-6-5-15-24-26)17-27-20-11-13-22(14-12-20)28-21-9-7-18(23)8-10-21/h7-14,19,24,26H,3-6,15-17H2,1-2H3/t19-/m0/s1. The third-order valence-electron chi connectivity index (χ3n) is 4.69. The van der Waals surface area contributed by atoms with Gasteiger partial charge in [-0.3, -0.25) is 4.90 Å². The average molecular weight is 407 g/mol. The van der Waals surface area contributed by atoms with Crippen LogP contribution in [0.5, 0.6) is 17.2 Å². The largest absolute Gasteiger partial charge is 0.492 e. The van der Waals surface area contributed by atoms with E-state index in [0.29, 0.717) is 24.2 Å². The van der Waals surface area contributed by atoms with Crippen molar-refractivity contribution in [2.24, 2.45) is 0 Å². The third kappa shape index (κ3) is 7.68. The Hall–Kier alpha value is -1.79. The van der Waals surface area contributed by atoms with Gasteiger partial charge < -0.3 is 14.7 Å². The fourth-order valence-corrected chi connectivity index (χ4v) is 3.16. The van der Waals surface area contributed by atoms with Crippen LogP contribution in [0.3, 0.4) is 0 Å². The minimum absolute atomic E-state index is 0.372. The first-order valence-corrected chi connectivity index (χ1v) is 10.3. The number of likely N-dealkylation sites (N-methyl/N-ethyl adjacent to an activating group) is 1. The van der Waals surface area contributed by atoms with Crippen molar-refractivity contribution in [1.29, 1.82) is 0 Å². The number of unbranched alkanes of at least 4 members (excludes halogenated alkanes) is 1. The molecular weight excluding hydrogens is 376 g/mol. The van der Waals surface area contributed by atoms with Gasteiger partial charge in [-0.15, -0.1) is 0 Å². The predicted molar refractivity (Wildman–Crippen MR) is 114 cm³/mol. The molecule has 0 spiro atoms. The van der Waals surface area contributed by atoms with Crippen LogP contribution in [0.1, 0.15) is 33.1 Å². The molecule has 28 heavy (non-hydrogen) atoms. The monoisotopic (exact) mass is 406 g/mol. The Morgan fingerprint density at radius 1 is 0.964 bits per heavy atom. The predicted octanol–water partition coefficient (Wildman–Crippen LogP) is 5.37. The van der Waals surface area contributed by atoms with Crippen LogP contribution in [-0.2, 0) is 0 Å². The van der Waals surface area contributed by atoms with Crippen LogP contribution in [0.4, 0.5) is 0 Å². The molecule has 2 aromatic carbocycles. The van der Waals surface area contributed by atoms with Crippen LogP contribution in [-0.4, -0.2) is 42.4 Å². The lowest BCUT2D eigenvalue weighted by molar-refractivity contribution is 0.129. The molecule has 0 saturated heterocycles. The Morgan fingerprint density at radius 2 is 1.57 bits per heavy atom. The molecule has 0 radical (unpaired) electrons. The maximum Gasteiger partial charge on any atom is 0.127 e.